The Labute approximate surface area is 155 Å². The summed E-state index contributed by atoms with van der Waals surface area (Å²) in [5.74, 6) is -0.0855. The summed E-state index contributed by atoms with van der Waals surface area (Å²) in [6.45, 7) is 0.491. The zero-order chi connectivity index (χ0) is 15.4. The highest BCUT2D eigenvalue weighted by molar-refractivity contribution is 5.95. The summed E-state index contributed by atoms with van der Waals surface area (Å²) >= 11 is 0. The van der Waals surface area contributed by atoms with Crippen LogP contribution in [0.4, 0.5) is 0 Å². The van der Waals surface area contributed by atoms with Gasteiger partial charge >= 0.3 is 0 Å². The monoisotopic (exact) mass is 367 g/mol. The number of carbonyl (C=O) groups is 1. The van der Waals surface area contributed by atoms with Crippen molar-refractivity contribution in [3.05, 3.63) is 54.4 Å². The summed E-state index contributed by atoms with van der Waals surface area (Å²) in [6, 6.07) is 11.8. The second-order valence-electron chi connectivity index (χ2n) is 5.97. The van der Waals surface area contributed by atoms with Crippen LogP contribution in [-0.4, -0.2) is 23.0 Å². The van der Waals surface area contributed by atoms with Gasteiger partial charge in [-0.2, -0.15) is 0 Å². The van der Waals surface area contributed by atoms with E-state index in [0.717, 1.165) is 36.8 Å². The number of pyridine rings is 1. The average Bonchev–Trinajstić information content (AvgIpc) is 3.05. The average molecular weight is 368 g/mol. The topological polar surface area (TPSA) is 68.0 Å². The van der Waals surface area contributed by atoms with Crippen LogP contribution >= 0.6 is 24.8 Å². The molecule has 0 bridgehead atoms. The van der Waals surface area contributed by atoms with E-state index in [1.165, 1.54) is 0 Å². The molecule has 1 saturated carbocycles. The van der Waals surface area contributed by atoms with Gasteiger partial charge in [-0.05, 0) is 24.5 Å². The van der Waals surface area contributed by atoms with E-state index in [4.69, 9.17) is 5.73 Å². The predicted octanol–water partition coefficient (Wildman–Crippen LogP) is 3.59. The van der Waals surface area contributed by atoms with Gasteiger partial charge in [0, 0.05) is 24.5 Å². The molecule has 6 heteroatoms. The number of carbonyl (C=O) groups excluding carboxylic acids is 1. The van der Waals surface area contributed by atoms with Crippen LogP contribution in [-0.2, 0) is 0 Å². The molecule has 3 rings (SSSR count). The van der Waals surface area contributed by atoms with E-state index in [1.807, 2.05) is 36.4 Å². The van der Waals surface area contributed by atoms with E-state index in [1.54, 1.807) is 12.4 Å². The van der Waals surface area contributed by atoms with Crippen molar-refractivity contribution in [2.45, 2.75) is 31.2 Å². The maximum atomic E-state index is 12.5. The molecule has 0 aliphatic heterocycles. The van der Waals surface area contributed by atoms with Crippen molar-refractivity contribution in [1.82, 2.24) is 10.3 Å². The van der Waals surface area contributed by atoms with Crippen LogP contribution in [0.25, 0.3) is 11.1 Å². The van der Waals surface area contributed by atoms with E-state index in [9.17, 15) is 4.79 Å². The molecule has 1 amide bonds. The van der Waals surface area contributed by atoms with Crippen molar-refractivity contribution < 1.29 is 4.79 Å². The van der Waals surface area contributed by atoms with Gasteiger partial charge in [-0.1, -0.05) is 43.2 Å². The van der Waals surface area contributed by atoms with Crippen LogP contribution in [0, 0.1) is 0 Å². The van der Waals surface area contributed by atoms with Crippen molar-refractivity contribution in [3.63, 3.8) is 0 Å². The van der Waals surface area contributed by atoms with Crippen LogP contribution in [0.15, 0.2) is 48.8 Å². The van der Waals surface area contributed by atoms with Crippen LogP contribution in [0.5, 0.6) is 0 Å². The van der Waals surface area contributed by atoms with Crippen LogP contribution in [0.2, 0.25) is 0 Å². The lowest BCUT2D eigenvalue weighted by Gasteiger charge is -2.28. The van der Waals surface area contributed by atoms with Crippen molar-refractivity contribution >= 4 is 30.7 Å². The molecule has 4 nitrogen and oxygen atoms in total. The van der Waals surface area contributed by atoms with Crippen molar-refractivity contribution in [3.8, 4) is 11.1 Å². The molecule has 0 saturated heterocycles. The lowest BCUT2D eigenvalue weighted by Crippen LogP contribution is -2.51. The lowest BCUT2D eigenvalue weighted by atomic mass is 9.97. The number of nitrogens with zero attached hydrogens (tertiary/aromatic N) is 1. The number of nitrogens with one attached hydrogen (secondary N) is 1. The predicted molar refractivity (Wildman–Crippen MR) is 102 cm³/mol. The summed E-state index contributed by atoms with van der Waals surface area (Å²) in [5, 5.41) is 3.13. The third kappa shape index (κ3) is 4.47. The minimum absolute atomic E-state index is 0. The number of rotatable bonds is 4. The Morgan fingerprint density at radius 2 is 1.75 bits per heavy atom. The van der Waals surface area contributed by atoms with E-state index < -0.39 is 0 Å². The Bertz CT molecular complexity index is 658. The molecule has 0 unspecified atom stereocenters. The van der Waals surface area contributed by atoms with E-state index >= 15 is 0 Å². The second-order valence-corrected chi connectivity index (χ2v) is 5.97. The third-order valence-corrected chi connectivity index (χ3v) is 4.44. The Hall–Kier alpha value is -1.62. The molecule has 24 heavy (non-hydrogen) atoms. The molecule has 130 valence electrons. The van der Waals surface area contributed by atoms with Crippen LogP contribution < -0.4 is 11.1 Å². The SMILES string of the molecule is Cl.Cl.NCC1(NC(=O)c2cncc(-c3ccccc3)c2)CCCC1. The smallest absolute Gasteiger partial charge is 0.253 e. The summed E-state index contributed by atoms with van der Waals surface area (Å²) in [7, 11) is 0. The molecule has 1 heterocycles. The summed E-state index contributed by atoms with van der Waals surface area (Å²) in [5.41, 5.74) is 8.23. The molecular formula is C18H23Cl2N3O. The molecule has 2 aromatic rings. The van der Waals surface area contributed by atoms with Gasteiger partial charge in [-0.3, -0.25) is 9.78 Å². The third-order valence-electron chi connectivity index (χ3n) is 4.44. The number of amides is 1. The van der Waals surface area contributed by atoms with Gasteiger partial charge in [-0.25, -0.2) is 0 Å². The minimum atomic E-state index is -0.236. The lowest BCUT2D eigenvalue weighted by molar-refractivity contribution is 0.0903. The van der Waals surface area contributed by atoms with Gasteiger partial charge in [0.2, 0.25) is 0 Å². The van der Waals surface area contributed by atoms with Crippen LogP contribution in [0.3, 0.4) is 0 Å². The van der Waals surface area contributed by atoms with E-state index in [2.05, 4.69) is 10.3 Å². The summed E-state index contributed by atoms with van der Waals surface area (Å²) in [4.78, 5) is 16.8. The molecule has 1 aromatic heterocycles. The first kappa shape index (κ1) is 20.4. The molecule has 0 radical (unpaired) electrons. The number of aromatic nitrogens is 1. The second kappa shape index (κ2) is 9.02. The highest BCUT2D eigenvalue weighted by Gasteiger charge is 2.34. The number of hydrogen-bond acceptors (Lipinski definition) is 3. The molecule has 0 atom stereocenters. The summed E-state index contributed by atoms with van der Waals surface area (Å²) < 4.78 is 0. The summed E-state index contributed by atoms with van der Waals surface area (Å²) in [6.07, 6.45) is 7.56. The quantitative estimate of drug-likeness (QED) is 0.867. The van der Waals surface area contributed by atoms with Gasteiger partial charge in [0.15, 0.2) is 0 Å². The van der Waals surface area contributed by atoms with Gasteiger partial charge in [-0.15, -0.1) is 24.8 Å². The number of benzene rings is 1. The number of hydrogen-bond donors (Lipinski definition) is 2. The van der Waals surface area contributed by atoms with Gasteiger partial charge < -0.3 is 11.1 Å². The normalized spacial score (nSPS) is 15.0. The fourth-order valence-corrected chi connectivity index (χ4v) is 3.10. The molecule has 0 spiro atoms. The molecule has 3 N–H and O–H groups in total. The van der Waals surface area contributed by atoms with Crippen molar-refractivity contribution in [2.24, 2.45) is 5.73 Å². The largest absolute Gasteiger partial charge is 0.345 e. The van der Waals surface area contributed by atoms with E-state index in [-0.39, 0.29) is 36.3 Å². The first-order valence-corrected chi connectivity index (χ1v) is 7.75. The van der Waals surface area contributed by atoms with Gasteiger partial charge in [0.1, 0.15) is 0 Å². The Balaban J connectivity index is 0.00000144. The van der Waals surface area contributed by atoms with Crippen molar-refractivity contribution in [2.75, 3.05) is 6.54 Å². The fourth-order valence-electron chi connectivity index (χ4n) is 3.10. The number of halogens is 2. The Morgan fingerprint density at radius 3 is 2.38 bits per heavy atom. The van der Waals surface area contributed by atoms with Gasteiger partial charge in [0.25, 0.3) is 5.91 Å². The highest BCUT2D eigenvalue weighted by atomic mass is 35.5. The number of nitrogens with two attached hydrogens (primary N) is 1. The van der Waals surface area contributed by atoms with Crippen molar-refractivity contribution in [1.29, 1.82) is 0 Å². The zero-order valence-corrected chi connectivity index (χ0v) is 15.0. The maximum absolute atomic E-state index is 12.5. The maximum Gasteiger partial charge on any atom is 0.253 e. The molecular weight excluding hydrogens is 345 g/mol. The molecule has 1 fully saturated rings. The highest BCUT2D eigenvalue weighted by Crippen LogP contribution is 2.29. The Kier molecular flexibility index (Phi) is 7.67. The molecule has 1 aliphatic carbocycles. The van der Waals surface area contributed by atoms with Crippen LogP contribution in [0.1, 0.15) is 36.0 Å². The minimum Gasteiger partial charge on any atom is -0.345 e. The first-order valence-electron chi connectivity index (χ1n) is 7.75. The fraction of sp³-hybridized carbons (Fsp3) is 0.333. The standard InChI is InChI=1S/C18H21N3O.2ClH/c19-13-18(8-4-5-9-18)21-17(22)16-10-15(11-20-12-16)14-6-2-1-3-7-14;;/h1-3,6-7,10-12H,4-5,8-9,13,19H2,(H,21,22);2*1H. The molecule has 1 aromatic carbocycles. The molecule has 1 aliphatic rings. The first-order chi connectivity index (χ1) is 10.7. The zero-order valence-electron chi connectivity index (χ0n) is 13.4. The van der Waals surface area contributed by atoms with Gasteiger partial charge in [0.05, 0.1) is 11.1 Å². The Morgan fingerprint density at radius 1 is 1.08 bits per heavy atom. The van der Waals surface area contributed by atoms with E-state index in [0.29, 0.717) is 12.1 Å².